The van der Waals surface area contributed by atoms with Crippen molar-refractivity contribution >= 4 is 11.7 Å². The van der Waals surface area contributed by atoms with E-state index in [0.717, 1.165) is 11.3 Å². The van der Waals surface area contributed by atoms with Crippen LogP contribution in [0.2, 0.25) is 0 Å². The second-order valence-electron chi connectivity index (χ2n) is 6.76. The van der Waals surface area contributed by atoms with Gasteiger partial charge in [-0.3, -0.25) is 9.63 Å². The first-order valence-corrected chi connectivity index (χ1v) is 9.50. The molecular weight excluding hydrogens is 368 g/mol. The smallest absolute Gasteiger partial charge is 0.254 e. The van der Waals surface area contributed by atoms with Gasteiger partial charge >= 0.3 is 0 Å². The Morgan fingerprint density at radius 2 is 1.79 bits per heavy atom. The van der Waals surface area contributed by atoms with Crippen LogP contribution in [0, 0.1) is 13.8 Å². The van der Waals surface area contributed by atoms with Gasteiger partial charge < -0.3 is 4.90 Å². The Balaban J connectivity index is 1.54. The zero-order chi connectivity index (χ0) is 20.2. The Labute approximate surface area is 169 Å². The van der Waals surface area contributed by atoms with Crippen LogP contribution in [0.5, 0.6) is 0 Å². The number of aryl methyl sites for hydroxylation is 2. The lowest BCUT2D eigenvalue weighted by Crippen LogP contribution is -2.36. The third kappa shape index (κ3) is 4.22. The maximum atomic E-state index is 13.3. The van der Waals surface area contributed by atoms with Crippen LogP contribution in [-0.4, -0.2) is 57.0 Å². The zero-order valence-corrected chi connectivity index (χ0v) is 16.4. The van der Waals surface area contributed by atoms with Gasteiger partial charge in [-0.1, -0.05) is 18.2 Å². The predicted octanol–water partition coefficient (Wildman–Crippen LogP) is 2.44. The maximum Gasteiger partial charge on any atom is 0.254 e. The SMILES string of the molecule is Cc1cc(N2CCN(C(=O)c3ccccc3-c3ncccn3)CCO2)nc(C)n1. The molecule has 2 aromatic heterocycles. The molecule has 1 aliphatic rings. The van der Waals surface area contributed by atoms with Crippen molar-refractivity contribution in [3.63, 3.8) is 0 Å². The van der Waals surface area contributed by atoms with E-state index in [1.165, 1.54) is 0 Å². The highest BCUT2D eigenvalue weighted by atomic mass is 16.7. The lowest BCUT2D eigenvalue weighted by atomic mass is 10.1. The van der Waals surface area contributed by atoms with Gasteiger partial charge in [0, 0.05) is 42.8 Å². The van der Waals surface area contributed by atoms with Crippen molar-refractivity contribution < 1.29 is 9.63 Å². The summed E-state index contributed by atoms with van der Waals surface area (Å²) in [5.74, 6) is 1.88. The van der Waals surface area contributed by atoms with Gasteiger partial charge in [0.05, 0.1) is 18.7 Å². The Hall–Kier alpha value is -3.39. The number of amides is 1. The lowest BCUT2D eigenvalue weighted by Gasteiger charge is -2.22. The van der Waals surface area contributed by atoms with Gasteiger partial charge in [-0.15, -0.1) is 0 Å². The van der Waals surface area contributed by atoms with Crippen LogP contribution >= 0.6 is 0 Å². The molecule has 0 N–H and O–H groups in total. The molecule has 1 aliphatic heterocycles. The molecule has 0 spiro atoms. The average Bonchev–Trinajstić information content (AvgIpc) is 2.99. The van der Waals surface area contributed by atoms with Crippen LogP contribution in [0.1, 0.15) is 21.9 Å². The van der Waals surface area contributed by atoms with Gasteiger partial charge in [0.1, 0.15) is 5.82 Å². The number of nitrogens with zero attached hydrogens (tertiary/aromatic N) is 6. The van der Waals surface area contributed by atoms with Gasteiger partial charge in [0.2, 0.25) is 0 Å². The highest BCUT2D eigenvalue weighted by Crippen LogP contribution is 2.22. The number of hydroxylamine groups is 1. The van der Waals surface area contributed by atoms with Crippen LogP contribution in [-0.2, 0) is 4.84 Å². The van der Waals surface area contributed by atoms with Gasteiger partial charge in [0.15, 0.2) is 11.6 Å². The predicted molar refractivity (Wildman–Crippen MR) is 108 cm³/mol. The van der Waals surface area contributed by atoms with Crippen molar-refractivity contribution in [2.45, 2.75) is 13.8 Å². The molecule has 148 valence electrons. The summed E-state index contributed by atoms with van der Waals surface area (Å²) in [6.07, 6.45) is 3.35. The highest BCUT2D eigenvalue weighted by Gasteiger charge is 2.24. The van der Waals surface area contributed by atoms with Crippen LogP contribution in [0.15, 0.2) is 48.8 Å². The molecule has 0 bridgehead atoms. The van der Waals surface area contributed by atoms with E-state index in [0.29, 0.717) is 49.3 Å². The van der Waals surface area contributed by atoms with E-state index < -0.39 is 0 Å². The Morgan fingerprint density at radius 3 is 2.59 bits per heavy atom. The van der Waals surface area contributed by atoms with Crippen molar-refractivity contribution in [3.8, 4) is 11.4 Å². The molecule has 29 heavy (non-hydrogen) atoms. The normalized spacial score (nSPS) is 14.6. The average molecular weight is 390 g/mol. The summed E-state index contributed by atoms with van der Waals surface area (Å²) in [6.45, 7) is 5.69. The number of hydrogen-bond acceptors (Lipinski definition) is 7. The van der Waals surface area contributed by atoms with Crippen molar-refractivity contribution in [3.05, 3.63) is 65.9 Å². The zero-order valence-electron chi connectivity index (χ0n) is 16.4. The molecule has 4 rings (SSSR count). The summed E-state index contributed by atoms with van der Waals surface area (Å²) < 4.78 is 0. The molecule has 3 aromatic rings. The Bertz CT molecular complexity index is 991. The van der Waals surface area contributed by atoms with Crippen molar-refractivity contribution in [1.29, 1.82) is 0 Å². The molecule has 0 atom stereocenters. The van der Waals surface area contributed by atoms with Crippen molar-refractivity contribution in [2.24, 2.45) is 0 Å². The number of carbonyl (C=O) groups is 1. The molecule has 3 heterocycles. The lowest BCUT2D eigenvalue weighted by molar-refractivity contribution is 0.0731. The second-order valence-corrected chi connectivity index (χ2v) is 6.76. The van der Waals surface area contributed by atoms with Gasteiger partial charge in [0.25, 0.3) is 5.91 Å². The van der Waals surface area contributed by atoms with E-state index in [1.807, 2.05) is 44.2 Å². The number of hydrogen-bond donors (Lipinski definition) is 0. The molecule has 1 saturated heterocycles. The Kier molecular flexibility index (Phi) is 5.44. The third-order valence-electron chi connectivity index (χ3n) is 4.64. The van der Waals surface area contributed by atoms with E-state index in [4.69, 9.17) is 4.84 Å². The third-order valence-corrected chi connectivity index (χ3v) is 4.64. The van der Waals surface area contributed by atoms with Crippen LogP contribution in [0.25, 0.3) is 11.4 Å². The minimum Gasteiger partial charge on any atom is -0.334 e. The summed E-state index contributed by atoms with van der Waals surface area (Å²) in [4.78, 5) is 38.3. The first kappa shape index (κ1) is 18.9. The molecule has 1 amide bonds. The fourth-order valence-electron chi connectivity index (χ4n) is 3.33. The number of carbonyl (C=O) groups excluding carboxylic acids is 1. The van der Waals surface area contributed by atoms with Crippen LogP contribution < -0.4 is 5.06 Å². The summed E-state index contributed by atoms with van der Waals surface area (Å²) in [6, 6.07) is 11.1. The van der Waals surface area contributed by atoms with Crippen molar-refractivity contribution in [2.75, 3.05) is 31.3 Å². The van der Waals surface area contributed by atoms with Crippen molar-refractivity contribution in [1.82, 2.24) is 24.8 Å². The topological polar surface area (TPSA) is 84.3 Å². The molecule has 0 saturated carbocycles. The number of anilines is 1. The minimum absolute atomic E-state index is 0.0615. The molecule has 1 aromatic carbocycles. The quantitative estimate of drug-likeness (QED) is 0.679. The highest BCUT2D eigenvalue weighted by molar-refractivity contribution is 6.00. The molecule has 0 radical (unpaired) electrons. The van der Waals surface area contributed by atoms with Crippen LogP contribution in [0.3, 0.4) is 0 Å². The maximum absolute atomic E-state index is 13.3. The number of benzene rings is 1. The summed E-state index contributed by atoms with van der Waals surface area (Å²) in [5.41, 5.74) is 2.19. The van der Waals surface area contributed by atoms with Gasteiger partial charge in [-0.05, 0) is 26.0 Å². The molecule has 8 heteroatoms. The summed E-state index contributed by atoms with van der Waals surface area (Å²) in [5, 5.41) is 1.74. The van der Waals surface area contributed by atoms with E-state index in [2.05, 4.69) is 19.9 Å². The first-order chi connectivity index (χ1) is 14.1. The fourth-order valence-corrected chi connectivity index (χ4v) is 3.33. The van der Waals surface area contributed by atoms with Crippen LogP contribution in [0.4, 0.5) is 5.82 Å². The Morgan fingerprint density at radius 1 is 1.00 bits per heavy atom. The largest absolute Gasteiger partial charge is 0.334 e. The number of aromatic nitrogens is 4. The summed E-state index contributed by atoms with van der Waals surface area (Å²) >= 11 is 0. The van der Waals surface area contributed by atoms with E-state index in [-0.39, 0.29) is 5.91 Å². The molecular formula is C21H22N6O2. The first-order valence-electron chi connectivity index (χ1n) is 9.50. The fraction of sp³-hybridized carbons (Fsp3) is 0.286. The molecule has 1 fully saturated rings. The molecule has 0 unspecified atom stereocenters. The minimum atomic E-state index is -0.0615. The monoisotopic (exact) mass is 390 g/mol. The van der Waals surface area contributed by atoms with Gasteiger partial charge in [-0.2, -0.15) is 0 Å². The molecule has 8 nitrogen and oxygen atoms in total. The van der Waals surface area contributed by atoms with E-state index in [1.54, 1.807) is 28.4 Å². The second kappa shape index (κ2) is 8.32. The van der Waals surface area contributed by atoms with Gasteiger partial charge in [-0.25, -0.2) is 25.0 Å². The van der Waals surface area contributed by atoms with E-state index in [9.17, 15) is 4.79 Å². The van der Waals surface area contributed by atoms with E-state index >= 15 is 0 Å². The summed E-state index contributed by atoms with van der Waals surface area (Å²) in [7, 11) is 0. The number of rotatable bonds is 3. The standard InChI is InChI=1S/C21H22N6O2/c1-15-14-19(25-16(2)24-15)27-11-10-26(12-13-29-27)21(28)18-7-4-3-6-17(18)20-22-8-5-9-23-20/h3-9,14H,10-13H2,1-2H3. The molecule has 0 aliphatic carbocycles.